The second-order valence-corrected chi connectivity index (χ2v) is 6.66. The fourth-order valence-corrected chi connectivity index (χ4v) is 3.08. The predicted octanol–water partition coefficient (Wildman–Crippen LogP) is 4.80. The van der Waals surface area contributed by atoms with E-state index in [2.05, 4.69) is 10.3 Å². The number of pyridine rings is 1. The van der Waals surface area contributed by atoms with Crippen LogP contribution >= 0.6 is 0 Å². The molecule has 0 radical (unpaired) electrons. The first-order valence-corrected chi connectivity index (χ1v) is 9.07. The number of rotatable bonds is 4. The van der Waals surface area contributed by atoms with E-state index in [1.165, 1.54) is 0 Å². The fourth-order valence-electron chi connectivity index (χ4n) is 3.08. The molecule has 2 heterocycles. The Labute approximate surface area is 163 Å². The highest BCUT2D eigenvalue weighted by Gasteiger charge is 2.20. The molecule has 5 nitrogen and oxygen atoms in total. The van der Waals surface area contributed by atoms with Gasteiger partial charge < -0.3 is 5.32 Å². The van der Waals surface area contributed by atoms with E-state index in [-0.39, 0.29) is 5.91 Å². The summed E-state index contributed by atoms with van der Waals surface area (Å²) in [5.74, 6) is 0.284. The zero-order chi connectivity index (χ0) is 19.5. The van der Waals surface area contributed by atoms with E-state index in [0.29, 0.717) is 17.1 Å². The average molecular weight is 368 g/mol. The van der Waals surface area contributed by atoms with Gasteiger partial charge in [0, 0.05) is 18.0 Å². The molecule has 0 spiro atoms. The molecule has 0 atom stereocenters. The lowest BCUT2D eigenvalue weighted by atomic mass is 10.0. The first-order chi connectivity index (χ1) is 13.6. The van der Waals surface area contributed by atoms with Crippen molar-refractivity contribution in [1.29, 1.82) is 0 Å². The molecule has 0 bridgehead atoms. The lowest BCUT2D eigenvalue weighted by Crippen LogP contribution is -2.13. The third-order valence-electron chi connectivity index (χ3n) is 4.54. The number of aryl methyl sites for hydroxylation is 2. The molecule has 4 aromatic rings. The molecule has 0 aliphatic carbocycles. The van der Waals surface area contributed by atoms with Crippen LogP contribution in [0, 0.1) is 13.8 Å². The molecule has 0 saturated carbocycles. The minimum Gasteiger partial charge on any atom is -0.306 e. The third kappa shape index (κ3) is 3.55. The average Bonchev–Trinajstić information content (AvgIpc) is 3.14. The van der Waals surface area contributed by atoms with Crippen LogP contribution in [-0.2, 0) is 0 Å². The first kappa shape index (κ1) is 17.7. The number of benzene rings is 2. The van der Waals surface area contributed by atoms with Crippen LogP contribution in [-0.4, -0.2) is 20.7 Å². The summed E-state index contributed by atoms with van der Waals surface area (Å²) >= 11 is 0. The van der Waals surface area contributed by atoms with Crippen molar-refractivity contribution in [2.75, 3.05) is 5.32 Å². The standard InChI is InChI=1S/C23H20N4O/c1-16-12-13-24-21(14-16)25-23(28)20-15-27(18-9-4-3-5-10-18)26-22(20)19-11-7-6-8-17(19)2/h3-15H,1-2H3,(H,24,25,28). The van der Waals surface area contributed by atoms with E-state index >= 15 is 0 Å². The molecule has 5 heteroatoms. The van der Waals surface area contributed by atoms with Crippen molar-refractivity contribution in [3.63, 3.8) is 0 Å². The highest BCUT2D eigenvalue weighted by atomic mass is 16.1. The Morgan fingerprint density at radius 1 is 0.964 bits per heavy atom. The molecule has 1 N–H and O–H groups in total. The van der Waals surface area contributed by atoms with Crippen molar-refractivity contribution in [3.05, 3.63) is 95.8 Å². The van der Waals surface area contributed by atoms with Crippen molar-refractivity contribution >= 4 is 11.7 Å². The fraction of sp³-hybridized carbons (Fsp3) is 0.0870. The van der Waals surface area contributed by atoms with Crippen LogP contribution in [0.3, 0.4) is 0 Å². The Hall–Kier alpha value is -3.73. The van der Waals surface area contributed by atoms with Gasteiger partial charge in [-0.3, -0.25) is 4.79 Å². The normalized spacial score (nSPS) is 10.6. The Bertz CT molecular complexity index is 1130. The van der Waals surface area contributed by atoms with Crippen molar-refractivity contribution < 1.29 is 4.79 Å². The summed E-state index contributed by atoms with van der Waals surface area (Å²) < 4.78 is 1.74. The van der Waals surface area contributed by atoms with E-state index in [4.69, 9.17) is 5.10 Å². The van der Waals surface area contributed by atoms with Crippen molar-refractivity contribution in [2.24, 2.45) is 0 Å². The van der Waals surface area contributed by atoms with E-state index < -0.39 is 0 Å². The van der Waals surface area contributed by atoms with Crippen molar-refractivity contribution in [3.8, 4) is 16.9 Å². The van der Waals surface area contributed by atoms with E-state index in [1.54, 1.807) is 17.1 Å². The summed E-state index contributed by atoms with van der Waals surface area (Å²) in [4.78, 5) is 17.3. The molecular weight excluding hydrogens is 348 g/mol. The maximum absolute atomic E-state index is 13.1. The molecule has 4 rings (SSSR count). The van der Waals surface area contributed by atoms with Gasteiger partial charge in [-0.1, -0.05) is 42.5 Å². The molecule has 0 aliphatic heterocycles. The number of para-hydroxylation sites is 1. The van der Waals surface area contributed by atoms with Gasteiger partial charge in [0.2, 0.25) is 0 Å². The molecule has 0 aliphatic rings. The van der Waals surface area contributed by atoms with Gasteiger partial charge >= 0.3 is 0 Å². The summed E-state index contributed by atoms with van der Waals surface area (Å²) in [5.41, 5.74) is 5.06. The number of hydrogen-bond donors (Lipinski definition) is 1. The number of anilines is 1. The van der Waals surface area contributed by atoms with Crippen molar-refractivity contribution in [2.45, 2.75) is 13.8 Å². The Kier molecular flexibility index (Phi) is 4.72. The maximum atomic E-state index is 13.1. The second kappa shape index (κ2) is 7.48. The van der Waals surface area contributed by atoms with E-state index in [1.807, 2.05) is 80.6 Å². The molecular formula is C23H20N4O. The topological polar surface area (TPSA) is 59.8 Å². The summed E-state index contributed by atoms with van der Waals surface area (Å²) in [5, 5.41) is 7.62. The van der Waals surface area contributed by atoms with Gasteiger partial charge in [0.1, 0.15) is 11.5 Å². The zero-order valence-corrected chi connectivity index (χ0v) is 15.8. The smallest absolute Gasteiger partial charge is 0.260 e. The van der Waals surface area contributed by atoms with Gasteiger partial charge in [0.15, 0.2) is 0 Å². The number of amides is 1. The molecule has 28 heavy (non-hydrogen) atoms. The Morgan fingerprint density at radius 3 is 2.46 bits per heavy atom. The van der Waals surface area contributed by atoms with E-state index in [9.17, 15) is 4.79 Å². The number of hydrogen-bond acceptors (Lipinski definition) is 3. The van der Waals surface area contributed by atoms with Gasteiger partial charge in [-0.15, -0.1) is 0 Å². The van der Waals surface area contributed by atoms with Crippen LogP contribution < -0.4 is 5.32 Å². The molecule has 0 unspecified atom stereocenters. The number of carbonyl (C=O) groups excluding carboxylic acids is 1. The zero-order valence-electron chi connectivity index (χ0n) is 15.8. The summed E-state index contributed by atoms with van der Waals surface area (Å²) in [6.45, 7) is 3.98. The Morgan fingerprint density at radius 2 is 1.71 bits per heavy atom. The first-order valence-electron chi connectivity index (χ1n) is 9.07. The third-order valence-corrected chi connectivity index (χ3v) is 4.54. The number of carbonyl (C=O) groups is 1. The lowest BCUT2D eigenvalue weighted by Gasteiger charge is -2.07. The monoisotopic (exact) mass is 368 g/mol. The lowest BCUT2D eigenvalue weighted by molar-refractivity contribution is 0.102. The van der Waals surface area contributed by atoms with Crippen LogP contribution in [0.15, 0.2) is 79.1 Å². The molecule has 1 amide bonds. The summed E-state index contributed by atoms with van der Waals surface area (Å²) in [6.07, 6.45) is 3.45. The van der Waals surface area contributed by atoms with Crippen molar-refractivity contribution in [1.82, 2.24) is 14.8 Å². The van der Waals surface area contributed by atoms with Gasteiger partial charge in [0.25, 0.3) is 5.91 Å². The SMILES string of the molecule is Cc1ccnc(NC(=O)c2cn(-c3ccccc3)nc2-c2ccccc2C)c1. The molecule has 0 fully saturated rings. The van der Waals surface area contributed by atoms with Crippen LogP contribution in [0.4, 0.5) is 5.82 Å². The van der Waals surface area contributed by atoms with Crippen LogP contribution in [0.2, 0.25) is 0 Å². The van der Waals surface area contributed by atoms with Gasteiger partial charge in [0.05, 0.1) is 11.3 Å². The largest absolute Gasteiger partial charge is 0.306 e. The van der Waals surface area contributed by atoms with Gasteiger partial charge in [-0.25, -0.2) is 9.67 Å². The van der Waals surface area contributed by atoms with Gasteiger partial charge in [-0.05, 0) is 49.2 Å². The van der Waals surface area contributed by atoms with Crippen LogP contribution in [0.5, 0.6) is 0 Å². The minimum absolute atomic E-state index is 0.237. The second-order valence-electron chi connectivity index (χ2n) is 6.66. The maximum Gasteiger partial charge on any atom is 0.260 e. The number of aromatic nitrogens is 3. The summed E-state index contributed by atoms with van der Waals surface area (Å²) in [6, 6.07) is 21.4. The molecule has 2 aromatic heterocycles. The highest BCUT2D eigenvalue weighted by molar-refractivity contribution is 6.07. The molecule has 138 valence electrons. The van der Waals surface area contributed by atoms with Gasteiger partial charge in [-0.2, -0.15) is 5.10 Å². The number of nitrogens with one attached hydrogen (secondary N) is 1. The highest BCUT2D eigenvalue weighted by Crippen LogP contribution is 2.27. The minimum atomic E-state index is -0.237. The van der Waals surface area contributed by atoms with Crippen LogP contribution in [0.1, 0.15) is 21.5 Å². The number of nitrogens with zero attached hydrogens (tertiary/aromatic N) is 3. The quantitative estimate of drug-likeness (QED) is 0.563. The molecule has 0 saturated heterocycles. The van der Waals surface area contributed by atoms with Crippen LogP contribution in [0.25, 0.3) is 16.9 Å². The Balaban J connectivity index is 1.79. The molecule has 2 aromatic carbocycles. The summed E-state index contributed by atoms with van der Waals surface area (Å²) in [7, 11) is 0. The van der Waals surface area contributed by atoms with E-state index in [0.717, 1.165) is 22.4 Å². The predicted molar refractivity (Wildman–Crippen MR) is 111 cm³/mol.